The van der Waals surface area contributed by atoms with Crippen LogP contribution in [0.2, 0.25) is 0 Å². The Kier molecular flexibility index (Phi) is 4.98. The minimum atomic E-state index is 0. The zero-order chi connectivity index (χ0) is 8.93. The first-order chi connectivity index (χ1) is 6.45. The average molecular weight is 319 g/mol. The van der Waals surface area contributed by atoms with Gasteiger partial charge in [-0.3, -0.25) is 0 Å². The fraction of sp³-hybridized carbons (Fsp3) is 0. The Morgan fingerprint density at radius 1 is 0.571 bits per heavy atom. The topological polar surface area (TPSA) is 0 Å². The van der Waals surface area contributed by atoms with Gasteiger partial charge in [-0.1, -0.05) is 36.4 Å². The molecule has 0 amide bonds. The van der Waals surface area contributed by atoms with Crippen LogP contribution in [0.1, 0.15) is 0 Å². The predicted octanol–water partition coefficient (Wildman–Crippen LogP) is -0.720. The molecule has 0 saturated heterocycles. The van der Waals surface area contributed by atoms with Crippen molar-refractivity contribution >= 4 is 0 Å². The van der Waals surface area contributed by atoms with Gasteiger partial charge < -0.3 is 0 Å². The molecule has 2 rings (SSSR count). The maximum absolute atomic E-state index is 2.21. The molecule has 0 aliphatic carbocycles. The lowest BCUT2D eigenvalue weighted by Crippen LogP contribution is -3.61. The summed E-state index contributed by atoms with van der Waals surface area (Å²) in [4.78, 5) is 0. The first-order valence-corrected chi connectivity index (χ1v) is 6.36. The van der Waals surface area contributed by atoms with Gasteiger partial charge in [-0.15, -0.1) is 0 Å². The van der Waals surface area contributed by atoms with Gasteiger partial charge in [-0.25, -0.2) is 0 Å². The third-order valence-electron chi connectivity index (χ3n) is 1.68. The molecule has 0 N–H and O–H groups in total. The molecule has 0 atom stereocenters. The van der Waals surface area contributed by atoms with E-state index in [1.165, 1.54) is 7.14 Å². The fourth-order valence-corrected chi connectivity index (χ4v) is 3.35. The summed E-state index contributed by atoms with van der Waals surface area (Å²) in [5, 5.41) is 0. The van der Waals surface area contributed by atoms with Crippen molar-refractivity contribution in [2.75, 3.05) is 0 Å². The van der Waals surface area contributed by atoms with Gasteiger partial charge >= 0.3 is 21.2 Å². The summed E-state index contributed by atoms with van der Waals surface area (Å²) in [6.07, 6.45) is 0. The molecule has 2 aromatic rings. The van der Waals surface area contributed by atoms with Gasteiger partial charge in [-0.2, -0.15) is 0 Å². The second-order valence-corrected chi connectivity index (χ2v) is 5.72. The van der Waals surface area contributed by atoms with Crippen LogP contribution < -0.4 is 21.2 Å². The normalized spacial score (nSPS) is 9.14. The lowest BCUT2D eigenvalue weighted by atomic mass is 10.4. The summed E-state index contributed by atoms with van der Waals surface area (Å²) >= 11 is 0.0287. The van der Waals surface area contributed by atoms with Gasteiger partial charge in [-0.05, 0) is 24.3 Å². The average Bonchev–Trinajstić information content (AvgIpc) is 2.21. The van der Waals surface area contributed by atoms with Crippen LogP contribution in [0.5, 0.6) is 0 Å². The van der Waals surface area contributed by atoms with Crippen molar-refractivity contribution in [3.05, 3.63) is 67.8 Å². The highest BCUT2D eigenvalue weighted by Crippen LogP contribution is 1.85. The van der Waals surface area contributed by atoms with Crippen LogP contribution in [0.3, 0.4) is 0 Å². The van der Waals surface area contributed by atoms with Crippen LogP contribution in [-0.2, 0) is 0 Å². The first kappa shape index (κ1) is 11.5. The van der Waals surface area contributed by atoms with Crippen LogP contribution in [-0.4, -0.2) is 0 Å². The Labute approximate surface area is 101 Å². The third-order valence-corrected chi connectivity index (χ3v) is 4.37. The lowest BCUT2D eigenvalue weighted by Gasteiger charge is -1.84. The molecule has 0 aliphatic heterocycles. The summed E-state index contributed by atoms with van der Waals surface area (Å²) in [7, 11) is 0. The zero-order valence-electron chi connectivity index (χ0n) is 7.60. The van der Waals surface area contributed by atoms with E-state index < -0.39 is 0 Å². The predicted molar refractivity (Wildman–Crippen MR) is 53.1 cm³/mol. The van der Waals surface area contributed by atoms with Crippen LogP contribution >= 0.6 is 0 Å². The largest absolute Gasteiger partial charge is 0.357 e. The highest BCUT2D eigenvalue weighted by molar-refractivity contribution is 5.02. The second kappa shape index (κ2) is 6.04. The zero-order valence-corrected chi connectivity index (χ0v) is 10.7. The fourth-order valence-electron chi connectivity index (χ4n) is 1.08. The van der Waals surface area contributed by atoms with E-state index in [1.807, 2.05) is 0 Å². The van der Waals surface area contributed by atoms with E-state index in [2.05, 4.69) is 60.7 Å². The van der Waals surface area contributed by atoms with Gasteiger partial charge in [0.1, 0.15) is 0 Å². The van der Waals surface area contributed by atoms with Crippen LogP contribution in [0, 0.1) is 19.5 Å². The number of halogens is 2. The molecule has 0 spiro atoms. The Morgan fingerprint density at radius 2 is 0.929 bits per heavy atom. The van der Waals surface area contributed by atoms with E-state index in [4.69, 9.17) is 0 Å². The van der Waals surface area contributed by atoms with Crippen molar-refractivity contribution in [3.8, 4) is 0 Å². The van der Waals surface area contributed by atoms with Crippen LogP contribution in [0.25, 0.3) is 0 Å². The highest BCUT2D eigenvalue weighted by Gasteiger charge is 2.12. The van der Waals surface area contributed by atoms with Crippen molar-refractivity contribution < 1.29 is 33.6 Å². The van der Waals surface area contributed by atoms with Gasteiger partial charge in [0.15, 0.2) is 7.14 Å². The standard InChI is InChI=1S/C12H10I.ClH2/c1-3-7-11(8-4-1)13-12-9-5-2-6-10-12;/h1-10H;1H2/q2*+1. The number of hydrogen-bond acceptors (Lipinski definition) is 0. The molecule has 0 heterocycles. The Bertz CT molecular complexity index is 321. The lowest BCUT2D eigenvalue weighted by molar-refractivity contribution is -0.597. The minimum Gasteiger partial charge on any atom is -0.0619 e. The molecule has 0 nitrogen and oxygen atoms in total. The molecule has 0 radical (unpaired) electrons. The summed E-state index contributed by atoms with van der Waals surface area (Å²) in [5.74, 6) is 0. The summed E-state index contributed by atoms with van der Waals surface area (Å²) < 4.78 is 2.96. The molecule has 0 fully saturated rings. The van der Waals surface area contributed by atoms with Crippen LogP contribution in [0.4, 0.5) is 0 Å². The van der Waals surface area contributed by atoms with Crippen molar-refractivity contribution in [3.63, 3.8) is 0 Å². The molecule has 0 unspecified atom stereocenters. The third kappa shape index (κ3) is 3.31. The molecular weight excluding hydrogens is 306 g/mol. The van der Waals surface area contributed by atoms with E-state index in [0.29, 0.717) is 0 Å². The van der Waals surface area contributed by atoms with Crippen molar-refractivity contribution in [2.45, 2.75) is 0 Å². The van der Waals surface area contributed by atoms with E-state index in [-0.39, 0.29) is 33.6 Å². The van der Waals surface area contributed by atoms with Crippen LogP contribution in [0.15, 0.2) is 60.7 Å². The Morgan fingerprint density at radius 3 is 1.29 bits per heavy atom. The molecule has 0 saturated carbocycles. The molecule has 14 heavy (non-hydrogen) atoms. The van der Waals surface area contributed by atoms with Crippen molar-refractivity contribution in [1.82, 2.24) is 0 Å². The quantitative estimate of drug-likeness (QED) is 0.641. The highest BCUT2D eigenvalue weighted by atomic mass is 127. The number of hydrogen-bond donors (Lipinski definition) is 0. The Balaban J connectivity index is 0.000000980. The van der Waals surface area contributed by atoms with Gasteiger partial charge in [0.25, 0.3) is 0 Å². The van der Waals surface area contributed by atoms with E-state index in [0.717, 1.165) is 0 Å². The SMILES string of the molecule is [ClH2+].c1ccc([I+]c2ccccc2)cc1. The second-order valence-electron chi connectivity index (χ2n) is 2.69. The Hall–Kier alpha value is -0.540. The smallest absolute Gasteiger partial charge is 0.0619 e. The maximum Gasteiger partial charge on any atom is 0.357 e. The van der Waals surface area contributed by atoms with Crippen molar-refractivity contribution in [2.24, 2.45) is 0 Å². The van der Waals surface area contributed by atoms with E-state index >= 15 is 0 Å². The molecule has 0 aromatic heterocycles. The summed E-state index contributed by atoms with van der Waals surface area (Å²) in [6.45, 7) is 0. The molecule has 2 heteroatoms. The molecular formula is C12H12ClI+2. The molecule has 2 aromatic carbocycles. The number of rotatable bonds is 2. The van der Waals surface area contributed by atoms with Crippen molar-refractivity contribution in [1.29, 1.82) is 0 Å². The first-order valence-electron chi connectivity index (χ1n) is 4.20. The van der Waals surface area contributed by atoms with E-state index in [9.17, 15) is 0 Å². The summed E-state index contributed by atoms with van der Waals surface area (Å²) in [5.41, 5.74) is 0. The molecule has 72 valence electrons. The maximum atomic E-state index is 2.21. The minimum absolute atomic E-state index is 0. The summed E-state index contributed by atoms with van der Waals surface area (Å²) in [6, 6.07) is 21.4. The van der Waals surface area contributed by atoms with Gasteiger partial charge in [0, 0.05) is 0 Å². The molecule has 0 bridgehead atoms. The van der Waals surface area contributed by atoms with Gasteiger partial charge in [0.2, 0.25) is 0 Å². The number of benzene rings is 2. The molecule has 0 aliphatic rings. The monoisotopic (exact) mass is 318 g/mol. The van der Waals surface area contributed by atoms with Gasteiger partial charge in [0.05, 0.1) is 12.4 Å². The van der Waals surface area contributed by atoms with E-state index in [1.54, 1.807) is 0 Å².